The van der Waals surface area contributed by atoms with Crippen LogP contribution >= 0.6 is 23.2 Å². The predicted molar refractivity (Wildman–Crippen MR) is 182 cm³/mol. The van der Waals surface area contributed by atoms with Crippen LogP contribution in [-0.4, -0.2) is 102 Å². The van der Waals surface area contributed by atoms with Crippen LogP contribution in [0.15, 0.2) is 42.7 Å². The summed E-state index contributed by atoms with van der Waals surface area (Å²) in [6.07, 6.45) is 4.75. The zero-order valence-corrected chi connectivity index (χ0v) is 28.6. The van der Waals surface area contributed by atoms with E-state index in [0.29, 0.717) is 72.0 Å². The monoisotopic (exact) mass is 698 g/mol. The second-order valence-electron chi connectivity index (χ2n) is 12.0. The lowest BCUT2D eigenvalue weighted by atomic mass is 9.96. The fourth-order valence-electron chi connectivity index (χ4n) is 5.75. The molecule has 15 heteroatoms. The summed E-state index contributed by atoms with van der Waals surface area (Å²) >= 11 is 12.7. The smallest absolute Gasteiger partial charge is 0.413 e. The Hall–Kier alpha value is -4.04. The van der Waals surface area contributed by atoms with Gasteiger partial charge >= 0.3 is 6.09 Å². The summed E-state index contributed by atoms with van der Waals surface area (Å²) in [7, 11) is 1.22. The van der Waals surface area contributed by atoms with Gasteiger partial charge in [-0.15, -0.1) is 0 Å². The van der Waals surface area contributed by atoms with Crippen molar-refractivity contribution in [3.8, 4) is 22.9 Å². The Morgan fingerprint density at radius 2 is 1.60 bits per heavy atom. The van der Waals surface area contributed by atoms with Crippen molar-refractivity contribution in [3.05, 3.63) is 58.3 Å². The van der Waals surface area contributed by atoms with Gasteiger partial charge in [0.05, 0.1) is 25.2 Å². The van der Waals surface area contributed by atoms with Crippen LogP contribution < -0.4 is 20.3 Å². The molecule has 2 fully saturated rings. The summed E-state index contributed by atoms with van der Waals surface area (Å²) in [5.41, 5.74) is 2.50. The molecule has 2 aromatic heterocycles. The number of methoxy groups -OCH3 is 1. The molecule has 2 aliphatic heterocycles. The maximum atomic E-state index is 11.9. The highest BCUT2D eigenvalue weighted by Crippen LogP contribution is 2.31. The van der Waals surface area contributed by atoms with Crippen molar-refractivity contribution in [3.63, 3.8) is 0 Å². The number of alkyl carbamates (subject to hydrolysis) is 1. The van der Waals surface area contributed by atoms with E-state index in [1.54, 1.807) is 25.4 Å². The van der Waals surface area contributed by atoms with E-state index in [-0.39, 0.29) is 18.2 Å². The fraction of sp³-hybridized carbons (Fsp3) is 0.455. The van der Waals surface area contributed by atoms with E-state index in [4.69, 9.17) is 32.9 Å². The largest absolute Gasteiger partial charge is 0.453 e. The zero-order chi connectivity index (χ0) is 34.0. The Morgan fingerprint density at radius 3 is 2.25 bits per heavy atom. The van der Waals surface area contributed by atoms with Gasteiger partial charge in [-0.05, 0) is 61.7 Å². The highest BCUT2D eigenvalue weighted by atomic mass is 35.5. The molecule has 256 valence electrons. The zero-order valence-electron chi connectivity index (χ0n) is 27.1. The number of hydrogen-bond acceptors (Lipinski definition) is 11. The maximum absolute atomic E-state index is 11.9. The second kappa shape index (κ2) is 16.9. The molecule has 0 radical (unpaired) electrons. The molecule has 0 unspecified atom stereocenters. The van der Waals surface area contributed by atoms with E-state index in [1.165, 1.54) is 7.11 Å². The Balaban J connectivity index is 1.21. The van der Waals surface area contributed by atoms with Gasteiger partial charge in [0, 0.05) is 80.8 Å². The minimum absolute atomic E-state index is 0.00727. The van der Waals surface area contributed by atoms with Crippen LogP contribution in [0.3, 0.4) is 0 Å². The van der Waals surface area contributed by atoms with Crippen molar-refractivity contribution in [1.82, 2.24) is 35.4 Å². The van der Waals surface area contributed by atoms with E-state index in [2.05, 4.69) is 40.0 Å². The van der Waals surface area contributed by atoms with E-state index < -0.39 is 6.09 Å². The number of piperazine rings is 1. The van der Waals surface area contributed by atoms with Gasteiger partial charge in [-0.25, -0.2) is 19.7 Å². The molecule has 0 bridgehead atoms. The third-order valence-corrected chi connectivity index (χ3v) is 8.78. The summed E-state index contributed by atoms with van der Waals surface area (Å²) in [5, 5.41) is 6.15. The van der Waals surface area contributed by atoms with E-state index in [0.717, 1.165) is 50.1 Å². The highest BCUT2D eigenvalue weighted by molar-refractivity contribution is 6.35. The average molecular weight is 700 g/mol. The number of imide groups is 1. The fourth-order valence-corrected chi connectivity index (χ4v) is 6.28. The summed E-state index contributed by atoms with van der Waals surface area (Å²) < 4.78 is 10.7. The number of piperidine rings is 1. The number of carbonyl (C=O) groups is 3. The molecule has 2 aliphatic rings. The number of nitrogens with one attached hydrogen (secondary N) is 2. The molecule has 0 atom stereocenters. The molecule has 3 aromatic rings. The number of pyridine rings is 1. The minimum atomic E-state index is -0.753. The number of likely N-dealkylation sites (tertiary alicyclic amines) is 1. The molecular formula is C33H40Cl2N8O5. The number of hydrogen-bond donors (Lipinski definition) is 2. The summed E-state index contributed by atoms with van der Waals surface area (Å²) in [4.78, 5) is 54.9. The molecule has 2 saturated heterocycles. The van der Waals surface area contributed by atoms with Crippen LogP contribution in [0.2, 0.25) is 10.0 Å². The first kappa shape index (κ1) is 35.3. The van der Waals surface area contributed by atoms with Crippen molar-refractivity contribution >= 4 is 47.1 Å². The number of rotatable bonds is 11. The molecule has 0 aliphatic carbocycles. The molecule has 13 nitrogen and oxygen atoms in total. The first-order chi connectivity index (χ1) is 23.1. The Labute approximate surface area is 289 Å². The van der Waals surface area contributed by atoms with E-state index in [1.807, 2.05) is 24.3 Å². The maximum Gasteiger partial charge on any atom is 0.413 e. The van der Waals surface area contributed by atoms with Crippen LogP contribution in [0.5, 0.6) is 11.6 Å². The van der Waals surface area contributed by atoms with Gasteiger partial charge in [-0.3, -0.25) is 24.7 Å². The first-order valence-electron chi connectivity index (χ1n) is 15.9. The highest BCUT2D eigenvalue weighted by Gasteiger charge is 2.22. The van der Waals surface area contributed by atoms with Crippen molar-refractivity contribution in [2.75, 3.05) is 64.4 Å². The van der Waals surface area contributed by atoms with Crippen molar-refractivity contribution < 1.29 is 23.9 Å². The number of benzene rings is 1. The lowest BCUT2D eigenvalue weighted by molar-refractivity contribution is -0.121. The number of nitrogens with zero attached hydrogens (tertiary/aromatic N) is 6. The number of halogens is 2. The Kier molecular flexibility index (Phi) is 12.4. The molecule has 1 aromatic carbocycles. The van der Waals surface area contributed by atoms with Crippen LogP contribution in [0, 0.1) is 5.92 Å². The van der Waals surface area contributed by atoms with Crippen molar-refractivity contribution in [2.24, 2.45) is 5.92 Å². The summed E-state index contributed by atoms with van der Waals surface area (Å²) in [5.74, 6) is 1.56. The van der Waals surface area contributed by atoms with Crippen LogP contribution in [0.4, 0.5) is 10.7 Å². The Bertz CT molecular complexity index is 1560. The molecule has 3 amide bonds. The number of anilines is 1. The van der Waals surface area contributed by atoms with Crippen LogP contribution in [0.25, 0.3) is 11.3 Å². The van der Waals surface area contributed by atoms with Gasteiger partial charge < -0.3 is 19.7 Å². The van der Waals surface area contributed by atoms with Gasteiger partial charge in [-0.2, -0.15) is 0 Å². The standard InChI is InChI=1S/C33H40Cl2N8O5/c1-22(44)36-18-23-3-6-42(7-4-23)21-24-13-29(25-15-26(34)17-27(35)16-25)39-31(14-24)48-28-19-37-32(38-20-28)43-11-9-41(10-12-43)8-5-30(45)40-33(46)47-2/h13-17,19-20,23H,3-12,18,21H2,1-2H3,(H,36,44)(H,40,45,46). The number of ether oxygens (including phenoxy) is 2. The van der Waals surface area contributed by atoms with Crippen LogP contribution in [-0.2, 0) is 20.9 Å². The van der Waals surface area contributed by atoms with Crippen molar-refractivity contribution in [2.45, 2.75) is 32.7 Å². The summed E-state index contributed by atoms with van der Waals surface area (Å²) in [6.45, 7) is 8.21. The van der Waals surface area contributed by atoms with Gasteiger partial charge in [0.25, 0.3) is 0 Å². The first-order valence-corrected chi connectivity index (χ1v) is 16.7. The Morgan fingerprint density at radius 1 is 0.917 bits per heavy atom. The van der Waals surface area contributed by atoms with Gasteiger partial charge in [0.2, 0.25) is 23.6 Å². The van der Waals surface area contributed by atoms with Gasteiger partial charge in [0.15, 0.2) is 5.75 Å². The molecule has 48 heavy (non-hydrogen) atoms. The quantitative estimate of drug-likeness (QED) is 0.295. The van der Waals surface area contributed by atoms with Crippen LogP contribution in [0.1, 0.15) is 31.7 Å². The van der Waals surface area contributed by atoms with E-state index >= 15 is 0 Å². The molecule has 0 spiro atoms. The van der Waals surface area contributed by atoms with Gasteiger partial charge in [-0.1, -0.05) is 23.2 Å². The molecule has 4 heterocycles. The average Bonchev–Trinajstić information content (AvgIpc) is 3.07. The number of amides is 3. The summed E-state index contributed by atoms with van der Waals surface area (Å²) in [6, 6.07) is 9.29. The number of carbonyl (C=O) groups excluding carboxylic acids is 3. The van der Waals surface area contributed by atoms with Crippen molar-refractivity contribution in [1.29, 1.82) is 0 Å². The van der Waals surface area contributed by atoms with Gasteiger partial charge in [0.1, 0.15) is 0 Å². The minimum Gasteiger partial charge on any atom is -0.453 e. The predicted octanol–water partition coefficient (Wildman–Crippen LogP) is 4.38. The normalized spacial score (nSPS) is 16.0. The van der Waals surface area contributed by atoms with E-state index in [9.17, 15) is 14.4 Å². The molecule has 0 saturated carbocycles. The lowest BCUT2D eigenvalue weighted by Gasteiger charge is -2.34. The molecule has 5 rings (SSSR count). The molecule has 2 N–H and O–H groups in total. The lowest BCUT2D eigenvalue weighted by Crippen LogP contribution is -2.48. The SMILES string of the molecule is COC(=O)NC(=O)CCN1CCN(c2ncc(Oc3cc(CN4CCC(CNC(C)=O)CC4)cc(-c4cc(Cl)cc(Cl)c4)n3)cn2)CC1. The molecular weight excluding hydrogens is 659 g/mol. The third kappa shape index (κ3) is 10.5. The number of aromatic nitrogens is 3. The second-order valence-corrected chi connectivity index (χ2v) is 12.8. The topological polar surface area (TPSA) is 142 Å². The third-order valence-electron chi connectivity index (χ3n) is 8.35.